The van der Waals surface area contributed by atoms with Crippen LogP contribution in [0.15, 0.2) is 62.6 Å². The minimum Gasteiger partial charge on any atom is -0.495 e. The molecule has 2 aliphatic rings. The van der Waals surface area contributed by atoms with Crippen LogP contribution in [-0.4, -0.2) is 56.8 Å². The van der Waals surface area contributed by atoms with Crippen LogP contribution >= 0.6 is 23.5 Å². The van der Waals surface area contributed by atoms with E-state index in [0.717, 1.165) is 17.2 Å². The summed E-state index contributed by atoms with van der Waals surface area (Å²) in [6.45, 7) is 8.85. The summed E-state index contributed by atoms with van der Waals surface area (Å²) in [4.78, 5) is 63.0. The van der Waals surface area contributed by atoms with E-state index in [1.807, 2.05) is 19.1 Å². The molecule has 4 rings (SSSR count). The van der Waals surface area contributed by atoms with Crippen molar-refractivity contribution in [3.8, 4) is 29.4 Å². The van der Waals surface area contributed by atoms with Crippen molar-refractivity contribution in [3.05, 3.63) is 63.9 Å². The van der Waals surface area contributed by atoms with Gasteiger partial charge in [-0.25, -0.2) is 4.79 Å². The zero-order valence-corrected chi connectivity index (χ0v) is 32.7. The standard InChI is InChI=1S/C40H42N2O11S2/c1-6-31(43)50-22-40(3,4)23-51-33(45)16-15-32(44)49-18-17-25-7-13-29(14-8-25)52-37(46)26-9-11-27(12-10-26)38(47)53-30-19-24(2)34(48-5)36-35(30)54-39(55-36)28(20-41)21-42/h6-8,13-14,19,26-27H,1,9-12,15-18,22-23H2,2-5H3. The summed E-state index contributed by atoms with van der Waals surface area (Å²) < 4.78 is 33.0. The fourth-order valence-corrected chi connectivity index (χ4v) is 8.21. The maximum atomic E-state index is 13.3. The van der Waals surface area contributed by atoms with Crippen LogP contribution in [0.3, 0.4) is 0 Å². The number of allylic oxidation sites excluding steroid dienone is 1. The summed E-state index contributed by atoms with van der Waals surface area (Å²) in [5.41, 5.74) is 0.967. The molecule has 1 heterocycles. The number of carbonyl (C=O) groups is 5. The van der Waals surface area contributed by atoms with Crippen LogP contribution in [0.5, 0.6) is 17.2 Å². The molecule has 0 radical (unpaired) electrons. The smallest absolute Gasteiger partial charge is 0.330 e. The van der Waals surface area contributed by atoms with E-state index in [2.05, 4.69) is 6.58 Å². The van der Waals surface area contributed by atoms with Crippen molar-refractivity contribution in [1.82, 2.24) is 0 Å². The lowest BCUT2D eigenvalue weighted by molar-refractivity contribution is -0.154. The fraction of sp³-hybridized carbons (Fsp3) is 0.425. The van der Waals surface area contributed by atoms with E-state index in [-0.39, 0.29) is 50.1 Å². The number of hydrogen-bond acceptors (Lipinski definition) is 15. The average molecular weight is 791 g/mol. The summed E-state index contributed by atoms with van der Waals surface area (Å²) in [6, 6.07) is 12.4. The van der Waals surface area contributed by atoms with Gasteiger partial charge >= 0.3 is 29.8 Å². The minimum atomic E-state index is -0.601. The second kappa shape index (κ2) is 19.9. The van der Waals surface area contributed by atoms with Crippen LogP contribution in [0, 0.1) is 46.8 Å². The van der Waals surface area contributed by atoms with Gasteiger partial charge in [0.05, 0.1) is 65.6 Å². The summed E-state index contributed by atoms with van der Waals surface area (Å²) in [5.74, 6) is -1.95. The molecule has 15 heteroatoms. The molecule has 0 unspecified atom stereocenters. The number of aryl methyl sites for hydroxylation is 1. The van der Waals surface area contributed by atoms with Gasteiger partial charge < -0.3 is 28.4 Å². The summed E-state index contributed by atoms with van der Waals surface area (Å²) in [6.07, 6.45) is 2.98. The maximum absolute atomic E-state index is 13.3. The number of hydrogen-bond donors (Lipinski definition) is 0. The van der Waals surface area contributed by atoms with Gasteiger partial charge in [-0.05, 0) is 61.9 Å². The Kier molecular flexibility index (Phi) is 15.4. The fourth-order valence-electron chi connectivity index (χ4n) is 5.62. The highest BCUT2D eigenvalue weighted by atomic mass is 32.2. The number of nitrogens with zero attached hydrogens (tertiary/aromatic N) is 2. The topological polar surface area (TPSA) is 188 Å². The van der Waals surface area contributed by atoms with Gasteiger partial charge in [0.1, 0.15) is 35.0 Å². The molecule has 0 spiro atoms. The molecule has 0 N–H and O–H groups in total. The second-order valence-corrected chi connectivity index (χ2v) is 15.9. The van der Waals surface area contributed by atoms with Crippen molar-refractivity contribution in [2.75, 3.05) is 26.9 Å². The number of rotatable bonds is 16. The third-order valence-corrected chi connectivity index (χ3v) is 11.3. The normalized spacial score (nSPS) is 16.0. The van der Waals surface area contributed by atoms with Gasteiger partial charge in [0.2, 0.25) is 0 Å². The zero-order valence-electron chi connectivity index (χ0n) is 31.1. The van der Waals surface area contributed by atoms with Crippen molar-refractivity contribution >= 4 is 53.4 Å². The van der Waals surface area contributed by atoms with Crippen LogP contribution in [0.25, 0.3) is 0 Å². The van der Waals surface area contributed by atoms with E-state index in [1.54, 1.807) is 44.2 Å². The largest absolute Gasteiger partial charge is 0.495 e. The minimum absolute atomic E-state index is 0.0131. The van der Waals surface area contributed by atoms with Gasteiger partial charge in [-0.1, -0.05) is 56.1 Å². The second-order valence-electron chi connectivity index (χ2n) is 13.6. The van der Waals surface area contributed by atoms with Gasteiger partial charge in [-0.2, -0.15) is 10.5 Å². The molecule has 1 aliphatic carbocycles. The number of fused-ring (bicyclic) bond motifs is 1. The highest BCUT2D eigenvalue weighted by Gasteiger charge is 2.35. The first-order valence-corrected chi connectivity index (χ1v) is 19.1. The van der Waals surface area contributed by atoms with Gasteiger partial charge in [0, 0.05) is 17.9 Å². The lowest BCUT2D eigenvalue weighted by Gasteiger charge is -2.26. The molecule has 0 aromatic heterocycles. The van der Waals surface area contributed by atoms with E-state index in [0.29, 0.717) is 63.4 Å². The molecule has 0 saturated heterocycles. The van der Waals surface area contributed by atoms with Crippen molar-refractivity contribution in [1.29, 1.82) is 10.5 Å². The molecule has 2 aromatic rings. The monoisotopic (exact) mass is 790 g/mol. The predicted octanol–water partition coefficient (Wildman–Crippen LogP) is 6.94. The number of ether oxygens (including phenoxy) is 6. The van der Waals surface area contributed by atoms with Gasteiger partial charge in [0.25, 0.3) is 0 Å². The number of esters is 5. The summed E-state index contributed by atoms with van der Waals surface area (Å²) in [5, 5.41) is 18.7. The van der Waals surface area contributed by atoms with E-state index in [4.69, 9.17) is 28.4 Å². The molecular weight excluding hydrogens is 749 g/mol. The number of thioether (sulfide) groups is 2. The maximum Gasteiger partial charge on any atom is 0.330 e. The lowest BCUT2D eigenvalue weighted by atomic mass is 9.82. The Hall–Kier alpha value is -5.25. The van der Waals surface area contributed by atoms with Gasteiger partial charge in [-0.3, -0.25) is 19.2 Å². The van der Waals surface area contributed by atoms with Crippen LogP contribution in [-0.2, 0) is 44.6 Å². The Morgan fingerprint density at radius 1 is 0.855 bits per heavy atom. The summed E-state index contributed by atoms with van der Waals surface area (Å²) in [7, 11) is 1.53. The third-order valence-electron chi connectivity index (χ3n) is 8.69. The zero-order chi connectivity index (χ0) is 40.1. The van der Waals surface area contributed by atoms with Crippen molar-refractivity contribution in [2.24, 2.45) is 17.3 Å². The molecule has 0 bridgehead atoms. The van der Waals surface area contributed by atoms with E-state index < -0.39 is 35.2 Å². The molecule has 1 fully saturated rings. The molecule has 290 valence electrons. The van der Waals surface area contributed by atoms with Gasteiger partial charge in [-0.15, -0.1) is 0 Å². The first-order chi connectivity index (χ1) is 26.3. The third kappa shape index (κ3) is 12.1. The SMILES string of the molecule is C=CC(=O)OCC(C)(C)COC(=O)CCC(=O)OCCc1ccc(OC(=O)C2CCC(C(=O)Oc3cc(C)c(OC)c4c3SC(=C(C#N)C#N)S4)CC2)cc1. The molecular formula is C40H42N2O11S2. The van der Waals surface area contributed by atoms with Crippen molar-refractivity contribution < 1.29 is 52.4 Å². The predicted molar refractivity (Wildman–Crippen MR) is 201 cm³/mol. The van der Waals surface area contributed by atoms with Crippen LogP contribution in [0.1, 0.15) is 63.5 Å². The van der Waals surface area contributed by atoms with Crippen molar-refractivity contribution in [3.63, 3.8) is 0 Å². The number of nitriles is 2. The number of methoxy groups -OCH3 is 1. The van der Waals surface area contributed by atoms with Crippen molar-refractivity contribution in [2.45, 2.75) is 75.5 Å². The molecule has 1 aliphatic heterocycles. The van der Waals surface area contributed by atoms with Crippen LogP contribution in [0.4, 0.5) is 0 Å². The Balaban J connectivity index is 1.17. The Morgan fingerprint density at radius 3 is 2.00 bits per heavy atom. The quantitative estimate of drug-likeness (QED) is 0.0559. The molecule has 55 heavy (non-hydrogen) atoms. The highest BCUT2D eigenvalue weighted by Crippen LogP contribution is 2.59. The van der Waals surface area contributed by atoms with E-state index in [9.17, 15) is 34.5 Å². The van der Waals surface area contributed by atoms with Crippen LogP contribution in [0.2, 0.25) is 0 Å². The van der Waals surface area contributed by atoms with Gasteiger partial charge in [0.15, 0.2) is 0 Å². The lowest BCUT2D eigenvalue weighted by Crippen LogP contribution is -2.30. The number of carbonyl (C=O) groups excluding carboxylic acids is 5. The highest BCUT2D eigenvalue weighted by molar-refractivity contribution is 8.24. The van der Waals surface area contributed by atoms with E-state index in [1.165, 1.54) is 30.6 Å². The average Bonchev–Trinajstić information content (AvgIpc) is 3.62. The Labute approximate surface area is 328 Å². The molecule has 13 nitrogen and oxygen atoms in total. The van der Waals surface area contributed by atoms with Crippen LogP contribution < -0.4 is 14.2 Å². The Morgan fingerprint density at radius 2 is 1.42 bits per heavy atom. The molecule has 0 atom stereocenters. The first-order valence-electron chi connectivity index (χ1n) is 17.5. The van der Waals surface area contributed by atoms with E-state index >= 15 is 0 Å². The molecule has 2 aromatic carbocycles. The first kappa shape index (κ1) is 42.5. The Bertz CT molecular complexity index is 1900. The number of benzene rings is 2. The molecule has 0 amide bonds. The molecule has 1 saturated carbocycles. The summed E-state index contributed by atoms with van der Waals surface area (Å²) >= 11 is 2.44.